The molecular weight excluding hydrogens is 438 g/mol. The summed E-state index contributed by atoms with van der Waals surface area (Å²) >= 11 is 7.24. The number of nitrogens with one attached hydrogen (secondary N) is 1. The third-order valence-electron chi connectivity index (χ3n) is 4.33. The molecule has 0 atom stereocenters. The van der Waals surface area contributed by atoms with Crippen molar-refractivity contribution in [2.24, 2.45) is 0 Å². The minimum absolute atomic E-state index is 0.150. The molecule has 0 radical (unpaired) electrons. The first-order chi connectivity index (χ1) is 15.0. The van der Waals surface area contributed by atoms with Gasteiger partial charge in [-0.1, -0.05) is 23.4 Å². The van der Waals surface area contributed by atoms with Crippen molar-refractivity contribution in [1.29, 1.82) is 0 Å². The predicted molar refractivity (Wildman–Crippen MR) is 119 cm³/mol. The molecule has 0 aliphatic rings. The second-order valence-electron chi connectivity index (χ2n) is 6.35. The molecule has 4 aromatic rings. The van der Waals surface area contributed by atoms with Crippen LogP contribution in [0.25, 0.3) is 16.7 Å². The average Bonchev–Trinajstić information content (AvgIpc) is 3.23. The Hall–Kier alpha value is -3.43. The number of ether oxygens (including phenoxy) is 1. The van der Waals surface area contributed by atoms with Crippen LogP contribution in [-0.4, -0.2) is 44.5 Å². The van der Waals surface area contributed by atoms with E-state index in [4.69, 9.17) is 11.6 Å². The van der Waals surface area contributed by atoms with Crippen LogP contribution >= 0.6 is 23.4 Å². The molecule has 0 aliphatic heterocycles. The van der Waals surface area contributed by atoms with E-state index in [0.29, 0.717) is 26.9 Å². The number of benzene rings is 2. The Kier molecular flexibility index (Phi) is 6.15. The van der Waals surface area contributed by atoms with Crippen LogP contribution in [0.3, 0.4) is 0 Å². The highest BCUT2D eigenvalue weighted by atomic mass is 35.5. The highest BCUT2D eigenvalue weighted by Crippen LogP contribution is 2.26. The van der Waals surface area contributed by atoms with Crippen LogP contribution in [0.15, 0.2) is 66.1 Å². The fourth-order valence-electron chi connectivity index (χ4n) is 2.85. The number of carbonyl (C=O) groups excluding carboxylic acids is 2. The van der Waals surface area contributed by atoms with Crippen LogP contribution in [0.2, 0.25) is 5.02 Å². The summed E-state index contributed by atoms with van der Waals surface area (Å²) in [5, 5.41) is 9.23. The second kappa shape index (κ2) is 9.15. The molecule has 0 fully saturated rings. The van der Waals surface area contributed by atoms with Gasteiger partial charge in [0.2, 0.25) is 5.91 Å². The molecule has 8 nitrogen and oxygen atoms in total. The van der Waals surface area contributed by atoms with E-state index in [9.17, 15) is 9.59 Å². The second-order valence-corrected chi connectivity index (χ2v) is 7.76. The van der Waals surface area contributed by atoms with Crippen molar-refractivity contribution in [3.63, 3.8) is 0 Å². The Labute approximate surface area is 186 Å². The quantitative estimate of drug-likeness (QED) is 0.268. The van der Waals surface area contributed by atoms with Gasteiger partial charge in [-0.05, 0) is 48.5 Å². The van der Waals surface area contributed by atoms with Crippen molar-refractivity contribution in [3.05, 3.63) is 71.6 Å². The number of anilines is 1. The molecule has 0 saturated carbocycles. The number of hydrogen-bond acceptors (Lipinski definition) is 7. The van der Waals surface area contributed by atoms with Gasteiger partial charge in [0.1, 0.15) is 11.4 Å². The molecule has 2 heterocycles. The summed E-state index contributed by atoms with van der Waals surface area (Å²) in [7, 11) is 1.32. The first-order valence-electron chi connectivity index (χ1n) is 9.11. The number of halogens is 1. The Bertz CT molecular complexity index is 1240. The van der Waals surface area contributed by atoms with Crippen LogP contribution in [0, 0.1) is 0 Å². The minimum atomic E-state index is -0.430. The Morgan fingerprint density at radius 1 is 1.10 bits per heavy atom. The first kappa shape index (κ1) is 20.8. The summed E-state index contributed by atoms with van der Waals surface area (Å²) in [6.45, 7) is 0. The number of hydrogen-bond donors (Lipinski definition) is 1. The zero-order valence-electron chi connectivity index (χ0n) is 16.3. The molecule has 1 N–H and O–H groups in total. The molecule has 0 saturated heterocycles. The maximum absolute atomic E-state index is 12.4. The van der Waals surface area contributed by atoms with Crippen molar-refractivity contribution < 1.29 is 14.3 Å². The highest BCUT2D eigenvalue weighted by Gasteiger charge is 2.13. The fraction of sp³-hybridized carbons (Fsp3) is 0.0952. The number of rotatable bonds is 6. The topological polar surface area (TPSA) is 99.0 Å². The molecule has 4 rings (SSSR count). The SMILES string of the molecule is COC(=O)c1ccc(NC(=O)CSc2ncnc3c2cnn3-c2ccc(Cl)cc2)cc1. The van der Waals surface area contributed by atoms with Crippen LogP contribution in [-0.2, 0) is 9.53 Å². The molecule has 156 valence electrons. The summed E-state index contributed by atoms with van der Waals surface area (Å²) in [5.74, 6) is -0.482. The summed E-state index contributed by atoms with van der Waals surface area (Å²) < 4.78 is 6.36. The number of amides is 1. The molecule has 0 bridgehead atoms. The van der Waals surface area contributed by atoms with Gasteiger partial charge in [-0.2, -0.15) is 5.10 Å². The fourth-order valence-corrected chi connectivity index (χ4v) is 3.73. The van der Waals surface area contributed by atoms with E-state index in [1.807, 2.05) is 12.1 Å². The van der Waals surface area contributed by atoms with Crippen molar-refractivity contribution in [2.75, 3.05) is 18.2 Å². The molecule has 0 unspecified atom stereocenters. The third kappa shape index (κ3) is 4.68. The van der Waals surface area contributed by atoms with Gasteiger partial charge in [0.15, 0.2) is 5.65 Å². The van der Waals surface area contributed by atoms with Crippen molar-refractivity contribution >= 4 is 52.0 Å². The molecule has 0 aliphatic carbocycles. The van der Waals surface area contributed by atoms with Gasteiger partial charge in [0.25, 0.3) is 0 Å². The molecule has 31 heavy (non-hydrogen) atoms. The van der Waals surface area contributed by atoms with Crippen molar-refractivity contribution in [2.45, 2.75) is 5.03 Å². The van der Waals surface area contributed by atoms with E-state index in [-0.39, 0.29) is 11.7 Å². The number of thioether (sulfide) groups is 1. The van der Waals surface area contributed by atoms with Gasteiger partial charge in [-0.25, -0.2) is 19.4 Å². The number of carbonyl (C=O) groups is 2. The lowest BCUT2D eigenvalue weighted by Crippen LogP contribution is -2.14. The van der Waals surface area contributed by atoms with Gasteiger partial charge < -0.3 is 10.1 Å². The summed E-state index contributed by atoms with van der Waals surface area (Å²) in [6, 6.07) is 13.7. The van der Waals surface area contributed by atoms with Gasteiger partial charge in [-0.15, -0.1) is 0 Å². The largest absolute Gasteiger partial charge is 0.465 e. The van der Waals surface area contributed by atoms with Crippen LogP contribution in [0.4, 0.5) is 5.69 Å². The van der Waals surface area contributed by atoms with E-state index in [1.54, 1.807) is 47.3 Å². The zero-order valence-corrected chi connectivity index (χ0v) is 17.9. The summed E-state index contributed by atoms with van der Waals surface area (Å²) in [5.41, 5.74) is 2.46. The van der Waals surface area contributed by atoms with E-state index in [0.717, 1.165) is 11.1 Å². The standard InChI is InChI=1S/C21H16ClN5O3S/c1-30-21(29)13-2-6-15(7-3-13)26-18(28)11-31-20-17-10-25-27(19(17)23-12-24-20)16-8-4-14(22)5-9-16/h2-10,12H,11H2,1H3,(H,26,28). The lowest BCUT2D eigenvalue weighted by molar-refractivity contribution is -0.113. The van der Waals surface area contributed by atoms with Crippen LogP contribution < -0.4 is 5.32 Å². The van der Waals surface area contributed by atoms with Gasteiger partial charge in [0.05, 0.1) is 35.7 Å². The van der Waals surface area contributed by atoms with E-state index in [1.165, 1.54) is 25.2 Å². The molecule has 2 aromatic heterocycles. The maximum Gasteiger partial charge on any atom is 0.337 e. The zero-order chi connectivity index (χ0) is 21.8. The number of methoxy groups -OCH3 is 1. The maximum atomic E-state index is 12.4. The van der Waals surface area contributed by atoms with E-state index in [2.05, 4.69) is 25.1 Å². The molecule has 0 spiro atoms. The van der Waals surface area contributed by atoms with E-state index < -0.39 is 5.97 Å². The highest BCUT2D eigenvalue weighted by molar-refractivity contribution is 8.00. The van der Waals surface area contributed by atoms with Crippen molar-refractivity contribution in [3.8, 4) is 5.69 Å². The lowest BCUT2D eigenvalue weighted by Gasteiger charge is -2.07. The first-order valence-corrected chi connectivity index (χ1v) is 10.5. The molecular formula is C21H16ClN5O3S. The monoisotopic (exact) mass is 453 g/mol. The summed E-state index contributed by atoms with van der Waals surface area (Å²) in [4.78, 5) is 32.5. The molecule has 10 heteroatoms. The van der Waals surface area contributed by atoms with Crippen molar-refractivity contribution in [1.82, 2.24) is 19.7 Å². The average molecular weight is 454 g/mol. The Morgan fingerprint density at radius 2 is 1.84 bits per heavy atom. The van der Waals surface area contributed by atoms with Gasteiger partial charge >= 0.3 is 5.97 Å². The smallest absolute Gasteiger partial charge is 0.337 e. The molecule has 1 amide bonds. The minimum Gasteiger partial charge on any atom is -0.465 e. The predicted octanol–water partition coefficient (Wildman–Crippen LogP) is 3.99. The third-order valence-corrected chi connectivity index (χ3v) is 5.59. The normalized spacial score (nSPS) is 10.8. The number of fused-ring (bicyclic) bond motifs is 1. The number of esters is 1. The van der Waals surface area contributed by atoms with Gasteiger partial charge in [-0.3, -0.25) is 4.79 Å². The van der Waals surface area contributed by atoms with E-state index >= 15 is 0 Å². The summed E-state index contributed by atoms with van der Waals surface area (Å²) in [6.07, 6.45) is 3.12. The Morgan fingerprint density at radius 3 is 2.55 bits per heavy atom. The number of aromatic nitrogens is 4. The lowest BCUT2D eigenvalue weighted by atomic mass is 10.2. The van der Waals surface area contributed by atoms with Gasteiger partial charge in [0, 0.05) is 10.7 Å². The number of nitrogens with zero attached hydrogens (tertiary/aromatic N) is 4. The van der Waals surface area contributed by atoms with Crippen LogP contribution in [0.1, 0.15) is 10.4 Å². The Balaban J connectivity index is 1.45. The van der Waals surface area contributed by atoms with Crippen LogP contribution in [0.5, 0.6) is 0 Å². The molecule has 2 aromatic carbocycles.